The maximum absolute atomic E-state index is 13.7. The predicted octanol–water partition coefficient (Wildman–Crippen LogP) is 3.10. The molecule has 3 aliphatic rings. The van der Waals surface area contributed by atoms with Crippen molar-refractivity contribution in [1.82, 2.24) is 20.2 Å². The third-order valence-corrected chi connectivity index (χ3v) is 8.85. The van der Waals surface area contributed by atoms with Crippen molar-refractivity contribution in [3.05, 3.63) is 29.8 Å². The number of likely N-dealkylation sites (tertiary alicyclic amines) is 1. The van der Waals surface area contributed by atoms with Crippen LogP contribution >= 0.6 is 0 Å². The fourth-order valence-corrected chi connectivity index (χ4v) is 6.28. The van der Waals surface area contributed by atoms with Crippen LogP contribution in [0.5, 0.6) is 5.75 Å². The summed E-state index contributed by atoms with van der Waals surface area (Å²) in [5, 5.41) is 13.4. The summed E-state index contributed by atoms with van der Waals surface area (Å²) >= 11 is 0. The summed E-state index contributed by atoms with van der Waals surface area (Å²) in [5.41, 5.74) is 0.0791. The molecule has 11 heteroatoms. The Balaban J connectivity index is 1.31. The average molecular weight is 601 g/mol. The molecule has 11 nitrogen and oxygen atoms in total. The third-order valence-electron chi connectivity index (χ3n) is 8.85. The molecule has 2 atom stereocenters. The molecule has 2 aliphatic heterocycles. The van der Waals surface area contributed by atoms with Crippen molar-refractivity contribution in [2.75, 3.05) is 45.9 Å². The first-order valence-electron chi connectivity index (χ1n) is 15.7. The van der Waals surface area contributed by atoms with Gasteiger partial charge >= 0.3 is 0 Å². The van der Waals surface area contributed by atoms with Gasteiger partial charge in [0.15, 0.2) is 0 Å². The van der Waals surface area contributed by atoms with E-state index in [-0.39, 0.29) is 30.4 Å². The van der Waals surface area contributed by atoms with Gasteiger partial charge in [0.1, 0.15) is 17.9 Å². The normalized spacial score (nSPS) is 19.9. The van der Waals surface area contributed by atoms with Crippen LogP contribution in [0.15, 0.2) is 24.3 Å². The number of morpholine rings is 1. The van der Waals surface area contributed by atoms with Crippen LogP contribution in [-0.2, 0) is 19.1 Å². The molecule has 2 unspecified atom stereocenters. The summed E-state index contributed by atoms with van der Waals surface area (Å²) in [6, 6.07) is 6.46. The Labute approximate surface area is 254 Å². The van der Waals surface area contributed by atoms with E-state index in [1.165, 1.54) is 0 Å². The standard InChI is InChI=1S/C32H48N4O7/c1-32(2,3)28(33-29(38)25(21-36(41)22-37)20-23-6-4-5-7-23)31(40)34-14-12-27(13-15-34)43-26-10-8-24(9-11-26)30(39)35-16-18-42-19-17-35/h8-11,22-23,25,27-28,41H,4-7,12-21H2,1-3H3,(H,33,38). The van der Waals surface area contributed by atoms with E-state index in [0.717, 1.165) is 25.7 Å². The number of ether oxygens (including phenoxy) is 2. The van der Waals surface area contributed by atoms with E-state index in [2.05, 4.69) is 5.32 Å². The van der Waals surface area contributed by atoms with Gasteiger partial charge in [-0.25, -0.2) is 5.06 Å². The summed E-state index contributed by atoms with van der Waals surface area (Å²) in [7, 11) is 0. The van der Waals surface area contributed by atoms with Crippen LogP contribution < -0.4 is 10.1 Å². The van der Waals surface area contributed by atoms with Crippen molar-refractivity contribution in [1.29, 1.82) is 0 Å². The summed E-state index contributed by atoms with van der Waals surface area (Å²) in [6.45, 7) is 8.98. The first-order chi connectivity index (χ1) is 20.5. The van der Waals surface area contributed by atoms with Crippen molar-refractivity contribution < 1.29 is 33.9 Å². The van der Waals surface area contributed by atoms with Crippen LogP contribution in [0.3, 0.4) is 0 Å². The van der Waals surface area contributed by atoms with Crippen LogP contribution in [0.2, 0.25) is 0 Å². The smallest absolute Gasteiger partial charge is 0.254 e. The van der Waals surface area contributed by atoms with Crippen LogP contribution in [0.1, 0.15) is 76.1 Å². The highest BCUT2D eigenvalue weighted by atomic mass is 16.5. The number of nitrogens with one attached hydrogen (secondary N) is 1. The topological polar surface area (TPSA) is 129 Å². The Hall–Kier alpha value is -3.18. The molecule has 4 rings (SSSR count). The van der Waals surface area contributed by atoms with Gasteiger partial charge < -0.3 is 24.6 Å². The quantitative estimate of drug-likeness (QED) is 0.227. The molecular formula is C32H48N4O7. The number of amides is 4. The van der Waals surface area contributed by atoms with Gasteiger partial charge in [-0.05, 0) is 42.0 Å². The highest BCUT2D eigenvalue weighted by Gasteiger charge is 2.39. The number of hydroxylamine groups is 2. The number of rotatable bonds is 11. The van der Waals surface area contributed by atoms with Crippen LogP contribution in [0, 0.1) is 17.3 Å². The number of carbonyl (C=O) groups excluding carboxylic acids is 4. The fraction of sp³-hybridized carbons (Fsp3) is 0.688. The molecule has 0 aromatic heterocycles. The maximum atomic E-state index is 13.7. The maximum Gasteiger partial charge on any atom is 0.254 e. The molecule has 0 bridgehead atoms. The van der Waals surface area contributed by atoms with E-state index in [9.17, 15) is 24.4 Å². The Bertz CT molecular complexity index is 1090. The Kier molecular flexibility index (Phi) is 11.4. The minimum absolute atomic E-state index is 0.00977. The molecule has 2 N–H and O–H groups in total. The van der Waals surface area contributed by atoms with Crippen LogP contribution in [0.4, 0.5) is 0 Å². The number of benzene rings is 1. The Morgan fingerprint density at radius 2 is 1.65 bits per heavy atom. The summed E-state index contributed by atoms with van der Waals surface area (Å²) in [6.07, 6.45) is 6.43. The van der Waals surface area contributed by atoms with Gasteiger partial charge in [-0.2, -0.15) is 0 Å². The fourth-order valence-electron chi connectivity index (χ4n) is 6.28. The molecule has 238 valence electrons. The first kappa shape index (κ1) is 32.7. The minimum atomic E-state index is -0.747. The van der Waals surface area contributed by atoms with Crippen LogP contribution in [-0.4, -0.2) is 102 Å². The lowest BCUT2D eigenvalue weighted by molar-refractivity contribution is -0.156. The first-order valence-corrected chi connectivity index (χ1v) is 15.7. The molecule has 4 amide bonds. The second kappa shape index (κ2) is 15.0. The van der Waals surface area contributed by atoms with E-state index in [4.69, 9.17) is 9.47 Å². The zero-order valence-corrected chi connectivity index (χ0v) is 25.8. The number of hydrogen-bond acceptors (Lipinski definition) is 7. The number of piperidine rings is 1. The predicted molar refractivity (Wildman–Crippen MR) is 159 cm³/mol. The van der Waals surface area contributed by atoms with E-state index >= 15 is 0 Å². The van der Waals surface area contributed by atoms with Gasteiger partial charge in [-0.1, -0.05) is 46.5 Å². The van der Waals surface area contributed by atoms with Crippen molar-refractivity contribution >= 4 is 24.1 Å². The molecule has 2 heterocycles. The molecule has 2 saturated heterocycles. The molecule has 1 aliphatic carbocycles. The van der Waals surface area contributed by atoms with Gasteiger partial charge in [0, 0.05) is 44.6 Å². The number of carbonyl (C=O) groups is 4. The molecular weight excluding hydrogens is 552 g/mol. The van der Waals surface area contributed by atoms with Gasteiger partial charge in [0.05, 0.1) is 25.7 Å². The average Bonchev–Trinajstić information content (AvgIpc) is 3.52. The minimum Gasteiger partial charge on any atom is -0.490 e. The van der Waals surface area contributed by atoms with Gasteiger partial charge in [0.25, 0.3) is 5.91 Å². The second-order valence-electron chi connectivity index (χ2n) is 13.2. The molecule has 43 heavy (non-hydrogen) atoms. The lowest BCUT2D eigenvalue weighted by Crippen LogP contribution is -2.58. The molecule has 0 radical (unpaired) electrons. The zero-order chi connectivity index (χ0) is 31.0. The highest BCUT2D eigenvalue weighted by molar-refractivity contribution is 5.94. The summed E-state index contributed by atoms with van der Waals surface area (Å²) in [4.78, 5) is 54.6. The Morgan fingerprint density at radius 3 is 2.23 bits per heavy atom. The van der Waals surface area contributed by atoms with E-state index in [1.807, 2.05) is 32.9 Å². The molecule has 0 spiro atoms. The third kappa shape index (κ3) is 9.15. The van der Waals surface area contributed by atoms with Gasteiger partial charge in [0.2, 0.25) is 18.2 Å². The highest BCUT2D eigenvalue weighted by Crippen LogP contribution is 2.31. The molecule has 1 saturated carbocycles. The monoisotopic (exact) mass is 600 g/mol. The van der Waals surface area contributed by atoms with Crippen LogP contribution in [0.25, 0.3) is 0 Å². The van der Waals surface area contributed by atoms with Crippen molar-refractivity contribution in [2.45, 2.75) is 77.9 Å². The lowest BCUT2D eigenvalue weighted by Gasteiger charge is -2.39. The van der Waals surface area contributed by atoms with E-state index in [1.54, 1.807) is 21.9 Å². The van der Waals surface area contributed by atoms with E-state index < -0.39 is 17.4 Å². The number of nitrogens with zero attached hydrogens (tertiary/aromatic N) is 3. The molecule has 1 aromatic carbocycles. The van der Waals surface area contributed by atoms with Crippen molar-refractivity contribution in [3.63, 3.8) is 0 Å². The Morgan fingerprint density at radius 1 is 1.02 bits per heavy atom. The zero-order valence-electron chi connectivity index (χ0n) is 25.8. The van der Waals surface area contributed by atoms with Gasteiger partial charge in [-0.3, -0.25) is 24.4 Å². The summed E-state index contributed by atoms with van der Waals surface area (Å²) in [5.74, 6) is 0.0100. The van der Waals surface area contributed by atoms with Crippen molar-refractivity contribution in [3.8, 4) is 5.75 Å². The molecule has 1 aromatic rings. The van der Waals surface area contributed by atoms with Gasteiger partial charge in [-0.15, -0.1) is 0 Å². The molecule has 3 fully saturated rings. The SMILES string of the molecule is CC(C)(C)C(NC(=O)C(CC1CCCC1)CN(O)C=O)C(=O)N1CCC(Oc2ccc(C(=O)N3CCOCC3)cc2)CC1. The lowest BCUT2D eigenvalue weighted by atomic mass is 9.84. The van der Waals surface area contributed by atoms with Crippen molar-refractivity contribution in [2.24, 2.45) is 17.3 Å². The second-order valence-corrected chi connectivity index (χ2v) is 13.2. The van der Waals surface area contributed by atoms with E-state index in [0.29, 0.717) is 87.4 Å². The summed E-state index contributed by atoms with van der Waals surface area (Å²) < 4.78 is 11.5. The number of hydrogen-bond donors (Lipinski definition) is 2. The largest absolute Gasteiger partial charge is 0.490 e.